The van der Waals surface area contributed by atoms with Crippen molar-refractivity contribution in [2.75, 3.05) is 20.2 Å². The molecule has 1 aromatic carbocycles. The normalized spacial score (nSPS) is 28.1. The van der Waals surface area contributed by atoms with Crippen LogP contribution in [0.15, 0.2) is 18.2 Å². The molecule has 0 amide bonds. The van der Waals surface area contributed by atoms with Gasteiger partial charge in [-0.3, -0.25) is 4.90 Å². The average Bonchev–Trinajstić information content (AvgIpc) is 2.84. The van der Waals surface area contributed by atoms with Crippen molar-refractivity contribution in [1.82, 2.24) is 4.90 Å². The molecule has 2 atom stereocenters. The fraction of sp³-hybridized carbons (Fsp3) is 0.600. The van der Waals surface area contributed by atoms with Crippen LogP contribution in [0.1, 0.15) is 24.0 Å². The van der Waals surface area contributed by atoms with Crippen molar-refractivity contribution in [3.8, 4) is 5.75 Å². The van der Waals surface area contributed by atoms with Crippen LogP contribution in [-0.4, -0.2) is 42.4 Å². The summed E-state index contributed by atoms with van der Waals surface area (Å²) in [5.41, 5.74) is 2.81. The van der Waals surface area contributed by atoms with Gasteiger partial charge in [-0.15, -0.1) is 0 Å². The molecule has 0 radical (unpaired) electrons. The number of aryl methyl sites for hydroxylation is 1. The number of rotatable bonds is 2. The van der Waals surface area contributed by atoms with Crippen molar-refractivity contribution < 1.29 is 9.84 Å². The molecule has 1 fully saturated rings. The van der Waals surface area contributed by atoms with Crippen molar-refractivity contribution in [2.24, 2.45) is 0 Å². The first-order chi connectivity index (χ1) is 8.78. The second kappa shape index (κ2) is 4.90. The van der Waals surface area contributed by atoms with Crippen LogP contribution in [0.25, 0.3) is 0 Å². The molecule has 98 valence electrons. The summed E-state index contributed by atoms with van der Waals surface area (Å²) in [6.45, 7) is 1.88. The van der Waals surface area contributed by atoms with E-state index in [4.69, 9.17) is 4.74 Å². The van der Waals surface area contributed by atoms with Gasteiger partial charge in [-0.25, -0.2) is 0 Å². The van der Waals surface area contributed by atoms with Crippen LogP contribution in [0, 0.1) is 0 Å². The van der Waals surface area contributed by atoms with Gasteiger partial charge >= 0.3 is 0 Å². The number of nitrogens with zero attached hydrogens (tertiary/aromatic N) is 1. The number of hydrogen-bond donors (Lipinski definition) is 1. The molecule has 1 N–H and O–H groups in total. The van der Waals surface area contributed by atoms with E-state index in [1.807, 2.05) is 0 Å². The number of likely N-dealkylation sites (tertiary alicyclic amines) is 1. The highest BCUT2D eigenvalue weighted by Crippen LogP contribution is 2.32. The number of aliphatic hydroxyl groups excluding tert-OH is 1. The topological polar surface area (TPSA) is 32.7 Å². The lowest BCUT2D eigenvalue weighted by molar-refractivity contribution is 0.152. The van der Waals surface area contributed by atoms with Crippen molar-refractivity contribution in [2.45, 2.75) is 37.8 Å². The average molecular weight is 247 g/mol. The highest BCUT2D eigenvalue weighted by Gasteiger charge is 2.30. The van der Waals surface area contributed by atoms with Crippen molar-refractivity contribution in [3.05, 3.63) is 29.3 Å². The molecule has 0 aromatic heterocycles. The Labute approximate surface area is 108 Å². The summed E-state index contributed by atoms with van der Waals surface area (Å²) in [4.78, 5) is 2.44. The summed E-state index contributed by atoms with van der Waals surface area (Å²) in [5.74, 6) is 1.02. The maximum atomic E-state index is 9.66. The summed E-state index contributed by atoms with van der Waals surface area (Å²) in [7, 11) is 1.75. The Balaban J connectivity index is 1.79. The largest absolute Gasteiger partial charge is 0.496 e. The Morgan fingerprint density at radius 3 is 2.94 bits per heavy atom. The first-order valence-electron chi connectivity index (χ1n) is 6.85. The highest BCUT2D eigenvalue weighted by atomic mass is 16.5. The lowest BCUT2D eigenvalue weighted by Crippen LogP contribution is -2.38. The number of β-amino-alcohol motifs (C(OH)–C–C–N with tert-alkyl or cyclic N) is 1. The molecule has 0 bridgehead atoms. The summed E-state index contributed by atoms with van der Waals surface area (Å²) in [6, 6.07) is 6.93. The quantitative estimate of drug-likeness (QED) is 0.862. The molecule has 0 saturated carbocycles. The van der Waals surface area contributed by atoms with Gasteiger partial charge < -0.3 is 9.84 Å². The molecule has 18 heavy (non-hydrogen) atoms. The second-order valence-corrected chi connectivity index (χ2v) is 5.43. The third kappa shape index (κ3) is 2.13. The molecule has 2 aliphatic rings. The van der Waals surface area contributed by atoms with E-state index in [-0.39, 0.29) is 6.10 Å². The lowest BCUT2D eigenvalue weighted by atomic mass is 9.87. The first-order valence-corrected chi connectivity index (χ1v) is 6.85. The SMILES string of the molecule is COc1cccc2c1CC(N1CCC(O)C1)CC2. The Hall–Kier alpha value is -1.06. The summed E-state index contributed by atoms with van der Waals surface area (Å²) < 4.78 is 5.48. The van der Waals surface area contributed by atoms with Crippen molar-refractivity contribution >= 4 is 0 Å². The van der Waals surface area contributed by atoms with Gasteiger partial charge in [-0.1, -0.05) is 12.1 Å². The molecule has 1 heterocycles. The molecule has 2 unspecified atom stereocenters. The number of hydrogen-bond acceptors (Lipinski definition) is 3. The molecule has 3 nitrogen and oxygen atoms in total. The van der Waals surface area contributed by atoms with E-state index < -0.39 is 0 Å². The summed E-state index contributed by atoms with van der Waals surface area (Å²) in [5, 5.41) is 9.66. The van der Waals surface area contributed by atoms with E-state index in [1.165, 1.54) is 17.5 Å². The molecule has 3 heteroatoms. The zero-order valence-electron chi connectivity index (χ0n) is 10.9. The van der Waals surface area contributed by atoms with Crippen LogP contribution in [-0.2, 0) is 12.8 Å². The van der Waals surface area contributed by atoms with Crippen molar-refractivity contribution in [3.63, 3.8) is 0 Å². The summed E-state index contributed by atoms with van der Waals surface area (Å²) in [6.07, 6.45) is 4.20. The predicted octanol–water partition coefficient (Wildman–Crippen LogP) is 1.62. The maximum absolute atomic E-state index is 9.66. The Kier molecular flexibility index (Phi) is 3.27. The van der Waals surface area contributed by atoms with Crippen LogP contribution in [0.3, 0.4) is 0 Å². The van der Waals surface area contributed by atoms with E-state index in [0.717, 1.165) is 38.1 Å². The van der Waals surface area contributed by atoms with E-state index in [9.17, 15) is 5.11 Å². The van der Waals surface area contributed by atoms with Crippen LogP contribution < -0.4 is 4.74 Å². The summed E-state index contributed by atoms with van der Waals surface area (Å²) >= 11 is 0. The fourth-order valence-electron chi connectivity index (χ4n) is 3.34. The molecule has 3 rings (SSSR count). The van der Waals surface area contributed by atoms with Gasteiger partial charge in [-0.05, 0) is 42.9 Å². The number of aliphatic hydroxyl groups is 1. The first kappa shape index (κ1) is 12.0. The Morgan fingerprint density at radius 1 is 1.33 bits per heavy atom. The van der Waals surface area contributed by atoms with Gasteiger partial charge in [0.2, 0.25) is 0 Å². The van der Waals surface area contributed by atoms with Gasteiger partial charge in [-0.2, -0.15) is 0 Å². The van der Waals surface area contributed by atoms with Crippen LogP contribution in [0.4, 0.5) is 0 Å². The van der Waals surface area contributed by atoms with E-state index in [1.54, 1.807) is 7.11 Å². The van der Waals surface area contributed by atoms with Gasteiger partial charge in [0.1, 0.15) is 5.75 Å². The van der Waals surface area contributed by atoms with Crippen molar-refractivity contribution in [1.29, 1.82) is 0 Å². The monoisotopic (exact) mass is 247 g/mol. The molecule has 1 aromatic rings. The lowest BCUT2D eigenvalue weighted by Gasteiger charge is -2.32. The number of benzene rings is 1. The van der Waals surface area contributed by atoms with Gasteiger partial charge in [0.15, 0.2) is 0 Å². The molecule has 1 saturated heterocycles. The van der Waals surface area contributed by atoms with E-state index in [2.05, 4.69) is 23.1 Å². The number of fused-ring (bicyclic) bond motifs is 1. The number of ether oxygens (including phenoxy) is 1. The Bertz CT molecular complexity index is 418. The van der Waals surface area contributed by atoms with Gasteiger partial charge in [0, 0.05) is 19.1 Å². The van der Waals surface area contributed by atoms with Gasteiger partial charge in [0.05, 0.1) is 13.2 Å². The zero-order valence-corrected chi connectivity index (χ0v) is 10.9. The minimum absolute atomic E-state index is 0.121. The van der Waals surface area contributed by atoms with E-state index >= 15 is 0 Å². The van der Waals surface area contributed by atoms with Crippen LogP contribution in [0.5, 0.6) is 5.75 Å². The molecule has 0 spiro atoms. The third-order valence-corrected chi connectivity index (χ3v) is 4.35. The molecule has 1 aliphatic heterocycles. The third-order valence-electron chi connectivity index (χ3n) is 4.35. The zero-order chi connectivity index (χ0) is 12.5. The maximum Gasteiger partial charge on any atom is 0.122 e. The molecule has 1 aliphatic carbocycles. The predicted molar refractivity (Wildman–Crippen MR) is 71.0 cm³/mol. The van der Waals surface area contributed by atoms with Gasteiger partial charge in [0.25, 0.3) is 0 Å². The standard InChI is InChI=1S/C15H21NO2/c1-18-15-4-2-3-11-5-6-12(9-14(11)15)16-8-7-13(17)10-16/h2-4,12-13,17H,5-10H2,1H3. The fourth-order valence-corrected chi connectivity index (χ4v) is 3.34. The Morgan fingerprint density at radius 2 is 2.22 bits per heavy atom. The minimum atomic E-state index is -0.121. The minimum Gasteiger partial charge on any atom is -0.496 e. The highest BCUT2D eigenvalue weighted by molar-refractivity contribution is 5.42. The molecular formula is C15H21NO2. The van der Waals surface area contributed by atoms with E-state index in [0.29, 0.717) is 6.04 Å². The molecular weight excluding hydrogens is 226 g/mol. The number of methoxy groups -OCH3 is 1. The smallest absolute Gasteiger partial charge is 0.122 e. The second-order valence-electron chi connectivity index (χ2n) is 5.43. The van der Waals surface area contributed by atoms with Crippen LogP contribution >= 0.6 is 0 Å². The van der Waals surface area contributed by atoms with Crippen LogP contribution in [0.2, 0.25) is 0 Å².